The highest BCUT2D eigenvalue weighted by atomic mass is 35.5. The monoisotopic (exact) mass is 151 g/mol. The van der Waals surface area contributed by atoms with Crippen LogP contribution in [0, 0.1) is 5.41 Å². The molecule has 0 aromatic heterocycles. The number of nitrogens with one attached hydrogen (secondary N) is 1. The van der Waals surface area contributed by atoms with Crippen LogP contribution >= 0.6 is 12.4 Å². The Balaban J connectivity index is 0. The molecule has 0 rings (SSSR count). The Kier molecular flexibility index (Phi) is 9.29. The van der Waals surface area contributed by atoms with Crippen molar-refractivity contribution in [1.82, 2.24) is 0 Å². The van der Waals surface area contributed by atoms with Gasteiger partial charge in [-0.2, -0.15) is 0 Å². The topological polar surface area (TPSA) is 50.2 Å². The highest BCUT2D eigenvalue weighted by Crippen LogP contribution is 1.80. The molecule has 0 aliphatic rings. The molecule has 0 aliphatic heterocycles. The third kappa shape index (κ3) is 7.43. The number of hydrogen-bond donors (Lipinski definition) is 1. The van der Waals surface area contributed by atoms with Crippen LogP contribution in [0.4, 0.5) is 0 Å². The third-order valence-electron chi connectivity index (χ3n) is 0.616. The van der Waals surface area contributed by atoms with Crippen LogP contribution in [0.1, 0.15) is 13.3 Å². The van der Waals surface area contributed by atoms with Crippen LogP contribution in [-0.2, 0) is 9.53 Å². The van der Waals surface area contributed by atoms with Crippen LogP contribution < -0.4 is 0 Å². The summed E-state index contributed by atoms with van der Waals surface area (Å²) >= 11 is 0. The van der Waals surface area contributed by atoms with Crippen LogP contribution in [0.15, 0.2) is 0 Å². The van der Waals surface area contributed by atoms with E-state index in [4.69, 9.17) is 5.41 Å². The Labute approximate surface area is 60.3 Å². The molecule has 0 unspecified atom stereocenters. The molecule has 54 valence electrons. The lowest BCUT2D eigenvalue weighted by atomic mass is 10.5. The predicted octanol–water partition coefficient (Wildman–Crippen LogP) is 1.01. The Morgan fingerprint density at radius 2 is 2.33 bits per heavy atom. The minimum Gasteiger partial charge on any atom is -0.460 e. The van der Waals surface area contributed by atoms with Crippen LogP contribution in [0.3, 0.4) is 0 Å². The van der Waals surface area contributed by atoms with Crippen molar-refractivity contribution in [2.45, 2.75) is 13.3 Å². The number of esters is 1. The molecule has 0 atom stereocenters. The first-order chi connectivity index (χ1) is 3.81. The van der Waals surface area contributed by atoms with Gasteiger partial charge in [0.25, 0.3) is 0 Å². The van der Waals surface area contributed by atoms with E-state index in [1.54, 1.807) is 6.92 Å². The average Bonchev–Trinajstić information content (AvgIpc) is 1.83. The lowest BCUT2D eigenvalue weighted by Crippen LogP contribution is -2.03. The summed E-state index contributed by atoms with van der Waals surface area (Å²) < 4.78 is 4.46. The maximum Gasteiger partial charge on any atom is 0.305 e. The summed E-state index contributed by atoms with van der Waals surface area (Å²) in [5, 5.41) is 6.47. The van der Waals surface area contributed by atoms with E-state index in [1.807, 2.05) is 0 Å². The smallest absolute Gasteiger partial charge is 0.305 e. The van der Waals surface area contributed by atoms with Crippen LogP contribution in [-0.4, -0.2) is 18.8 Å². The minimum absolute atomic E-state index is 0. The van der Waals surface area contributed by atoms with E-state index in [-0.39, 0.29) is 25.0 Å². The van der Waals surface area contributed by atoms with Crippen molar-refractivity contribution in [2.24, 2.45) is 0 Å². The number of carbonyl (C=O) groups is 1. The molecule has 0 aromatic rings. The first-order valence-corrected chi connectivity index (χ1v) is 2.45. The van der Waals surface area contributed by atoms with Gasteiger partial charge in [0.05, 0.1) is 0 Å². The van der Waals surface area contributed by atoms with Crippen molar-refractivity contribution in [3.8, 4) is 0 Å². The van der Waals surface area contributed by atoms with Gasteiger partial charge >= 0.3 is 5.97 Å². The third-order valence-corrected chi connectivity index (χ3v) is 0.616. The first kappa shape index (κ1) is 11.3. The summed E-state index contributed by atoms with van der Waals surface area (Å²) in [7, 11) is 0. The van der Waals surface area contributed by atoms with E-state index in [0.717, 1.165) is 6.21 Å². The number of hydrogen-bond acceptors (Lipinski definition) is 3. The summed E-state index contributed by atoms with van der Waals surface area (Å²) in [6.07, 6.45) is 1.43. The van der Waals surface area contributed by atoms with Gasteiger partial charge in [-0.15, -0.1) is 12.4 Å². The van der Waals surface area contributed by atoms with Crippen molar-refractivity contribution >= 4 is 24.6 Å². The molecule has 0 radical (unpaired) electrons. The lowest BCUT2D eigenvalue weighted by Gasteiger charge is -1.94. The summed E-state index contributed by atoms with van der Waals surface area (Å²) in [5.41, 5.74) is 0. The molecule has 0 saturated heterocycles. The fourth-order valence-corrected chi connectivity index (χ4v) is 0.237. The number of ether oxygens (including phenoxy) is 1. The Morgan fingerprint density at radius 1 is 1.78 bits per heavy atom. The number of rotatable bonds is 3. The van der Waals surface area contributed by atoms with Gasteiger partial charge in [-0.3, -0.25) is 4.79 Å². The van der Waals surface area contributed by atoms with Crippen molar-refractivity contribution < 1.29 is 9.53 Å². The highest BCUT2D eigenvalue weighted by Gasteiger charge is 1.92. The first-order valence-electron chi connectivity index (χ1n) is 2.45. The van der Waals surface area contributed by atoms with Crippen molar-refractivity contribution in [3.63, 3.8) is 0 Å². The summed E-state index contributed by atoms with van der Waals surface area (Å²) in [6, 6.07) is 0. The fourth-order valence-electron chi connectivity index (χ4n) is 0.237. The standard InChI is InChI=1S/C5H9NO2.ClH/c1-2-5(7)8-4-3-6;/h3,6H,2,4H2,1H3;1H. The largest absolute Gasteiger partial charge is 0.460 e. The number of halogens is 1. The van der Waals surface area contributed by atoms with E-state index in [1.165, 1.54) is 0 Å². The second-order valence-electron chi connectivity index (χ2n) is 1.24. The maximum absolute atomic E-state index is 10.2. The minimum atomic E-state index is -0.256. The predicted molar refractivity (Wildman–Crippen MR) is 37.3 cm³/mol. The number of carbonyl (C=O) groups excluding carboxylic acids is 1. The quantitative estimate of drug-likeness (QED) is 0.484. The molecular weight excluding hydrogens is 142 g/mol. The van der Waals surface area contributed by atoms with Gasteiger partial charge in [-0.1, -0.05) is 6.92 Å². The van der Waals surface area contributed by atoms with Crippen molar-refractivity contribution in [2.75, 3.05) is 6.61 Å². The Hall–Kier alpha value is -0.570. The summed E-state index contributed by atoms with van der Waals surface area (Å²) in [4.78, 5) is 10.2. The van der Waals surface area contributed by atoms with Gasteiger partial charge in [0, 0.05) is 12.6 Å². The Bertz CT molecular complexity index is 95.0. The van der Waals surface area contributed by atoms with Gasteiger partial charge in [0.15, 0.2) is 0 Å². The second kappa shape index (κ2) is 7.43. The zero-order chi connectivity index (χ0) is 6.41. The molecule has 0 fully saturated rings. The maximum atomic E-state index is 10.2. The SMILES string of the molecule is CCC(=O)OCC=N.Cl. The molecule has 0 aromatic carbocycles. The van der Waals surface area contributed by atoms with E-state index in [2.05, 4.69) is 4.74 Å². The fraction of sp³-hybridized carbons (Fsp3) is 0.600. The van der Waals surface area contributed by atoms with E-state index in [9.17, 15) is 4.79 Å². The van der Waals surface area contributed by atoms with Crippen molar-refractivity contribution in [1.29, 1.82) is 5.41 Å². The second-order valence-corrected chi connectivity index (χ2v) is 1.24. The zero-order valence-corrected chi connectivity index (χ0v) is 6.03. The van der Waals surface area contributed by atoms with Gasteiger partial charge in [-0.05, 0) is 0 Å². The van der Waals surface area contributed by atoms with Crippen LogP contribution in [0.2, 0.25) is 0 Å². The van der Waals surface area contributed by atoms with Gasteiger partial charge in [0.2, 0.25) is 0 Å². The van der Waals surface area contributed by atoms with E-state index in [0.29, 0.717) is 6.42 Å². The molecule has 4 heteroatoms. The molecule has 1 N–H and O–H groups in total. The molecule has 0 bridgehead atoms. The molecule has 0 aliphatic carbocycles. The van der Waals surface area contributed by atoms with Crippen molar-refractivity contribution in [3.05, 3.63) is 0 Å². The van der Waals surface area contributed by atoms with E-state index >= 15 is 0 Å². The van der Waals surface area contributed by atoms with Crippen LogP contribution in [0.5, 0.6) is 0 Å². The highest BCUT2D eigenvalue weighted by molar-refractivity contribution is 5.85. The molecule has 0 saturated carbocycles. The molecule has 0 spiro atoms. The normalized spacial score (nSPS) is 7.22. The van der Waals surface area contributed by atoms with E-state index < -0.39 is 0 Å². The molecule has 0 heterocycles. The van der Waals surface area contributed by atoms with Gasteiger partial charge in [-0.25, -0.2) is 0 Å². The molecular formula is C5H10ClNO2. The molecule has 0 amide bonds. The van der Waals surface area contributed by atoms with Gasteiger partial charge < -0.3 is 10.1 Å². The van der Waals surface area contributed by atoms with Gasteiger partial charge in [0.1, 0.15) is 6.61 Å². The molecule has 9 heavy (non-hydrogen) atoms. The summed E-state index contributed by atoms with van der Waals surface area (Å²) in [5.74, 6) is -0.256. The molecule has 3 nitrogen and oxygen atoms in total. The zero-order valence-electron chi connectivity index (χ0n) is 5.22. The summed E-state index contributed by atoms with van der Waals surface area (Å²) in [6.45, 7) is 1.82. The Morgan fingerprint density at radius 3 is 2.67 bits per heavy atom. The van der Waals surface area contributed by atoms with Crippen LogP contribution in [0.25, 0.3) is 0 Å². The average molecular weight is 152 g/mol. The lowest BCUT2D eigenvalue weighted by molar-refractivity contribution is -0.141.